The lowest BCUT2D eigenvalue weighted by Crippen LogP contribution is -2.67. The minimum Gasteiger partial charge on any atom is -0.458 e. The van der Waals surface area contributed by atoms with Crippen molar-refractivity contribution in [2.45, 2.75) is 103 Å². The Hall–Kier alpha value is -0.970. The van der Waals surface area contributed by atoms with Crippen molar-refractivity contribution in [3.05, 3.63) is 4.91 Å². The number of ether oxygens (including phenoxy) is 1. The number of hydrogen-bond acceptors (Lipinski definition) is 5. The molecule has 5 atom stereocenters. The summed E-state index contributed by atoms with van der Waals surface area (Å²) in [4.78, 5) is 25.0. The molecule has 4 aliphatic carbocycles. The molecule has 0 aromatic heterocycles. The topological polar surface area (TPSA) is 76.0 Å². The first-order valence-corrected chi connectivity index (χ1v) is 10.1. The van der Waals surface area contributed by atoms with Crippen LogP contribution in [0.4, 0.5) is 0 Å². The van der Waals surface area contributed by atoms with Gasteiger partial charge in [0.15, 0.2) is 0 Å². The lowest BCUT2D eigenvalue weighted by atomic mass is 9.49. The van der Waals surface area contributed by atoms with Crippen LogP contribution in [0.15, 0.2) is 5.18 Å². The maximum atomic E-state index is 13.4. The number of esters is 1. The summed E-state index contributed by atoms with van der Waals surface area (Å²) in [5.74, 6) is 0.397. The van der Waals surface area contributed by atoms with Gasteiger partial charge in [0.05, 0.1) is 11.0 Å². The van der Waals surface area contributed by atoms with Crippen LogP contribution in [-0.2, 0) is 9.53 Å². The van der Waals surface area contributed by atoms with E-state index in [0.29, 0.717) is 31.6 Å². The van der Waals surface area contributed by atoms with Gasteiger partial charge in [-0.3, -0.25) is 4.79 Å². The SMILES string of the molecule is CC(C)CC(C)(C(=O)OC12CC3CC(O)(CC(N=O)(C3)C1)C2)C(C)(C)C. The second-order valence-corrected chi connectivity index (χ2v) is 11.3. The highest BCUT2D eigenvalue weighted by Crippen LogP contribution is 2.62. The molecule has 0 spiro atoms. The summed E-state index contributed by atoms with van der Waals surface area (Å²) in [6.07, 6.45) is 4.25. The van der Waals surface area contributed by atoms with Crippen molar-refractivity contribution < 1.29 is 14.6 Å². The number of rotatable bonds is 5. The first kappa shape index (κ1) is 19.8. The lowest BCUT2D eigenvalue weighted by molar-refractivity contribution is -0.233. The summed E-state index contributed by atoms with van der Waals surface area (Å²) in [7, 11) is 0. The number of aliphatic hydroxyl groups is 1. The van der Waals surface area contributed by atoms with Gasteiger partial charge in [-0.2, -0.15) is 4.91 Å². The van der Waals surface area contributed by atoms with Gasteiger partial charge in [0.25, 0.3) is 0 Å². The van der Waals surface area contributed by atoms with Crippen molar-refractivity contribution in [2.24, 2.45) is 27.8 Å². The third kappa shape index (κ3) is 3.10. The van der Waals surface area contributed by atoms with Crippen molar-refractivity contribution in [3.8, 4) is 0 Å². The molecule has 4 rings (SSSR count). The molecule has 0 aromatic carbocycles. The molecule has 0 aromatic rings. The smallest absolute Gasteiger partial charge is 0.312 e. The zero-order valence-electron chi connectivity index (χ0n) is 17.2. The van der Waals surface area contributed by atoms with Gasteiger partial charge in [-0.1, -0.05) is 39.8 Å². The molecule has 5 unspecified atom stereocenters. The van der Waals surface area contributed by atoms with E-state index in [2.05, 4.69) is 39.8 Å². The standard InChI is InChI=1S/C21H35NO4/c1-14(2)7-18(6,17(3,4)5)16(23)26-21-10-15-8-19(12-21,22-25)11-20(24,9-15)13-21/h14-15,24H,7-13H2,1-6H3. The van der Waals surface area contributed by atoms with Crippen LogP contribution in [0.1, 0.15) is 86.5 Å². The van der Waals surface area contributed by atoms with E-state index in [1.54, 1.807) is 0 Å². The van der Waals surface area contributed by atoms with Crippen LogP contribution in [0.5, 0.6) is 0 Å². The van der Waals surface area contributed by atoms with Gasteiger partial charge < -0.3 is 9.84 Å². The fourth-order valence-corrected chi connectivity index (χ4v) is 6.29. The molecule has 148 valence electrons. The first-order valence-electron chi connectivity index (χ1n) is 10.1. The van der Waals surface area contributed by atoms with Gasteiger partial charge in [0, 0.05) is 19.3 Å². The highest BCUT2D eigenvalue weighted by atomic mass is 16.6. The number of carbonyl (C=O) groups is 1. The number of carbonyl (C=O) groups excluding carboxylic acids is 1. The van der Waals surface area contributed by atoms with Gasteiger partial charge in [-0.05, 0) is 49.9 Å². The minimum atomic E-state index is -0.913. The molecule has 26 heavy (non-hydrogen) atoms. The summed E-state index contributed by atoms with van der Waals surface area (Å²) in [5.41, 5.74) is -3.26. The van der Waals surface area contributed by atoms with E-state index in [1.807, 2.05) is 6.92 Å². The fourth-order valence-electron chi connectivity index (χ4n) is 6.29. The summed E-state index contributed by atoms with van der Waals surface area (Å²) in [6, 6.07) is 0. The Morgan fingerprint density at radius 1 is 1.15 bits per heavy atom. The third-order valence-corrected chi connectivity index (χ3v) is 7.38. The predicted molar refractivity (Wildman–Crippen MR) is 101 cm³/mol. The van der Waals surface area contributed by atoms with E-state index in [4.69, 9.17) is 4.74 Å². The Labute approximate surface area is 157 Å². The van der Waals surface area contributed by atoms with Crippen molar-refractivity contribution in [2.75, 3.05) is 0 Å². The van der Waals surface area contributed by atoms with Gasteiger partial charge in [-0.25, -0.2) is 0 Å². The lowest BCUT2D eigenvalue weighted by Gasteiger charge is -2.62. The number of nitroso groups, excluding NO2 is 1. The van der Waals surface area contributed by atoms with Gasteiger partial charge >= 0.3 is 5.97 Å². The first-order chi connectivity index (χ1) is 11.8. The number of hydrogen-bond donors (Lipinski definition) is 1. The molecular formula is C21H35NO4. The molecule has 0 saturated heterocycles. The van der Waals surface area contributed by atoms with Crippen LogP contribution in [-0.4, -0.2) is 27.8 Å². The Bertz CT molecular complexity index is 612. The largest absolute Gasteiger partial charge is 0.458 e. The monoisotopic (exact) mass is 365 g/mol. The highest BCUT2D eigenvalue weighted by Gasteiger charge is 2.66. The molecule has 5 heteroatoms. The van der Waals surface area contributed by atoms with Gasteiger partial charge in [0.1, 0.15) is 11.1 Å². The molecule has 4 fully saturated rings. The van der Waals surface area contributed by atoms with E-state index in [-0.39, 0.29) is 17.3 Å². The van der Waals surface area contributed by atoms with Crippen molar-refractivity contribution >= 4 is 5.97 Å². The van der Waals surface area contributed by atoms with Crippen molar-refractivity contribution in [3.63, 3.8) is 0 Å². The zero-order chi connectivity index (χ0) is 19.6. The summed E-state index contributed by atoms with van der Waals surface area (Å²) in [6.45, 7) is 12.5. The quantitative estimate of drug-likeness (QED) is 0.570. The molecule has 4 bridgehead atoms. The highest BCUT2D eigenvalue weighted by molar-refractivity contribution is 5.78. The van der Waals surface area contributed by atoms with Crippen LogP contribution in [0.3, 0.4) is 0 Å². The van der Waals surface area contributed by atoms with Gasteiger partial charge in [-0.15, -0.1) is 0 Å². The second-order valence-electron chi connectivity index (χ2n) is 11.3. The average Bonchev–Trinajstić information content (AvgIpc) is 2.42. The van der Waals surface area contributed by atoms with E-state index in [0.717, 1.165) is 19.3 Å². The summed E-state index contributed by atoms with van der Waals surface area (Å²) >= 11 is 0. The van der Waals surface area contributed by atoms with Crippen LogP contribution >= 0.6 is 0 Å². The Kier molecular flexibility index (Phi) is 4.38. The van der Waals surface area contributed by atoms with E-state index < -0.39 is 22.2 Å². The molecule has 0 radical (unpaired) electrons. The Balaban J connectivity index is 1.90. The Morgan fingerprint density at radius 2 is 1.81 bits per heavy atom. The molecule has 4 saturated carbocycles. The van der Waals surface area contributed by atoms with Crippen LogP contribution < -0.4 is 0 Å². The van der Waals surface area contributed by atoms with E-state index in [1.165, 1.54) is 0 Å². The van der Waals surface area contributed by atoms with Crippen LogP contribution in [0, 0.1) is 27.6 Å². The average molecular weight is 366 g/mol. The molecule has 5 nitrogen and oxygen atoms in total. The third-order valence-electron chi connectivity index (χ3n) is 7.38. The van der Waals surface area contributed by atoms with Crippen LogP contribution in [0.25, 0.3) is 0 Å². The maximum absolute atomic E-state index is 13.4. The molecule has 4 aliphatic rings. The molecule has 0 amide bonds. The zero-order valence-corrected chi connectivity index (χ0v) is 17.2. The van der Waals surface area contributed by atoms with Crippen LogP contribution in [0.2, 0.25) is 0 Å². The van der Waals surface area contributed by atoms with Crippen molar-refractivity contribution in [1.29, 1.82) is 0 Å². The van der Waals surface area contributed by atoms with Gasteiger partial charge in [0.2, 0.25) is 0 Å². The molecular weight excluding hydrogens is 330 g/mol. The molecule has 0 heterocycles. The second kappa shape index (κ2) is 5.76. The Morgan fingerprint density at radius 3 is 2.31 bits per heavy atom. The summed E-state index contributed by atoms with van der Waals surface area (Å²) in [5, 5.41) is 14.4. The minimum absolute atomic E-state index is 0.190. The predicted octanol–water partition coefficient (Wildman–Crippen LogP) is 4.60. The number of nitrogens with zero attached hydrogens (tertiary/aromatic N) is 1. The summed E-state index contributed by atoms with van der Waals surface area (Å²) < 4.78 is 6.24. The van der Waals surface area contributed by atoms with Crippen molar-refractivity contribution in [1.82, 2.24) is 0 Å². The fraction of sp³-hybridized carbons (Fsp3) is 0.952. The van der Waals surface area contributed by atoms with E-state index >= 15 is 0 Å². The van der Waals surface area contributed by atoms with E-state index in [9.17, 15) is 14.8 Å². The molecule has 1 N–H and O–H groups in total. The normalized spacial score (nSPS) is 41.2. The maximum Gasteiger partial charge on any atom is 0.312 e. The molecule has 0 aliphatic heterocycles.